The summed E-state index contributed by atoms with van der Waals surface area (Å²) in [5.41, 5.74) is 9.52. The van der Waals surface area contributed by atoms with Gasteiger partial charge >= 0.3 is 0 Å². The summed E-state index contributed by atoms with van der Waals surface area (Å²) in [6.07, 6.45) is 2.15. The molecule has 0 amide bonds. The fourth-order valence-corrected chi connectivity index (χ4v) is 7.89. The van der Waals surface area contributed by atoms with E-state index >= 15 is 0 Å². The van der Waals surface area contributed by atoms with Gasteiger partial charge in [0.2, 0.25) is 5.95 Å². The van der Waals surface area contributed by atoms with Crippen LogP contribution in [0.5, 0.6) is 0 Å². The highest BCUT2D eigenvalue weighted by molar-refractivity contribution is 6.20. The number of aromatic nitrogens is 6. The normalized spacial score (nSPS) is 11.8. The summed E-state index contributed by atoms with van der Waals surface area (Å²) < 4.78 is 6.85. The Balaban J connectivity index is 1.30. The van der Waals surface area contributed by atoms with Gasteiger partial charge in [-0.2, -0.15) is 9.97 Å². The number of para-hydroxylation sites is 3. The van der Waals surface area contributed by atoms with Crippen molar-refractivity contribution in [2.75, 3.05) is 0 Å². The third-order valence-electron chi connectivity index (χ3n) is 10.3. The van der Waals surface area contributed by atoms with E-state index in [2.05, 4.69) is 159 Å². The Bertz CT molecular complexity index is 3080. The van der Waals surface area contributed by atoms with Crippen LogP contribution in [0.25, 0.3) is 94.6 Å². The molecule has 0 atom stereocenters. The van der Waals surface area contributed by atoms with E-state index in [1.807, 2.05) is 36.4 Å². The topological polar surface area (TPSA) is 53.5 Å². The van der Waals surface area contributed by atoms with Gasteiger partial charge < -0.3 is 9.13 Å². The van der Waals surface area contributed by atoms with Gasteiger partial charge in [0.25, 0.3) is 0 Å². The lowest BCUT2D eigenvalue weighted by atomic mass is 10.1. The Kier molecular flexibility index (Phi) is 6.45. The number of rotatable bonds is 5. The summed E-state index contributed by atoms with van der Waals surface area (Å²) in [6.45, 7) is 0. The largest absolute Gasteiger partial charge is 0.316 e. The molecule has 4 aromatic heterocycles. The van der Waals surface area contributed by atoms with E-state index in [0.717, 1.165) is 66.2 Å². The molecule has 0 fully saturated rings. The molecular weight excluding hydrogens is 649 g/mol. The Morgan fingerprint density at radius 3 is 1.51 bits per heavy atom. The molecule has 0 bridgehead atoms. The lowest BCUT2D eigenvalue weighted by Crippen LogP contribution is -2.06. The van der Waals surface area contributed by atoms with Crippen LogP contribution in [-0.4, -0.2) is 28.7 Å². The van der Waals surface area contributed by atoms with Crippen molar-refractivity contribution < 1.29 is 0 Å². The van der Waals surface area contributed by atoms with Crippen LogP contribution in [-0.2, 0) is 0 Å². The van der Waals surface area contributed by atoms with E-state index in [9.17, 15) is 0 Å². The molecular formula is C47H30N6. The maximum Gasteiger partial charge on any atom is 0.238 e. The first kappa shape index (κ1) is 29.4. The minimum Gasteiger partial charge on any atom is -0.316 e. The van der Waals surface area contributed by atoms with Crippen molar-refractivity contribution >= 4 is 54.5 Å². The Morgan fingerprint density at radius 1 is 0.340 bits per heavy atom. The van der Waals surface area contributed by atoms with Gasteiger partial charge in [-0.25, -0.2) is 4.98 Å². The van der Waals surface area contributed by atoms with Gasteiger partial charge in [-0.05, 0) is 60.7 Å². The molecule has 53 heavy (non-hydrogen) atoms. The van der Waals surface area contributed by atoms with Crippen molar-refractivity contribution in [2.24, 2.45) is 0 Å². The molecule has 11 rings (SSSR count). The van der Waals surface area contributed by atoms with E-state index in [1.165, 1.54) is 10.8 Å². The Morgan fingerprint density at radius 2 is 0.849 bits per heavy atom. The van der Waals surface area contributed by atoms with Gasteiger partial charge in [0.15, 0.2) is 11.6 Å². The van der Waals surface area contributed by atoms with Crippen molar-refractivity contribution in [1.82, 2.24) is 28.7 Å². The SMILES string of the molecule is c1ccc(-c2nc(-c3ccccc3)nc(-n3c4cc5c(ccn5-c5ccccc5)cc4c4cc5c6ccccc6n(-c6ccccc6)c5cc43)n2)cc1. The zero-order valence-electron chi connectivity index (χ0n) is 28.5. The molecule has 0 saturated heterocycles. The lowest BCUT2D eigenvalue weighted by Gasteiger charge is -2.12. The second kappa shape index (κ2) is 11.6. The minimum atomic E-state index is 0.566. The first-order chi connectivity index (χ1) is 26.3. The Hall–Kier alpha value is -7.31. The molecule has 0 aliphatic carbocycles. The molecule has 0 aliphatic heterocycles. The van der Waals surface area contributed by atoms with Crippen LogP contribution >= 0.6 is 0 Å². The van der Waals surface area contributed by atoms with Crippen LogP contribution < -0.4 is 0 Å². The van der Waals surface area contributed by atoms with Crippen LogP contribution in [0.4, 0.5) is 0 Å². The number of fused-ring (bicyclic) bond motifs is 7. The van der Waals surface area contributed by atoms with Crippen LogP contribution in [0.15, 0.2) is 182 Å². The standard InChI is InChI=1S/C47H30N6/c1-5-15-31(16-6-1)45-48-46(32-17-7-2-8-18-32)50-47(49-45)53-43-29-41-33(25-26-51(41)34-19-9-3-10-20-34)27-37(43)39-28-38-36-23-13-14-24-40(36)52(42(38)30-44(39)53)35-21-11-4-12-22-35/h1-30H. The monoisotopic (exact) mass is 678 g/mol. The fourth-order valence-electron chi connectivity index (χ4n) is 7.89. The van der Waals surface area contributed by atoms with E-state index < -0.39 is 0 Å². The van der Waals surface area contributed by atoms with E-state index in [-0.39, 0.29) is 0 Å². The average molecular weight is 679 g/mol. The third-order valence-corrected chi connectivity index (χ3v) is 10.3. The molecule has 6 heteroatoms. The second-order valence-electron chi connectivity index (χ2n) is 13.4. The minimum absolute atomic E-state index is 0.566. The van der Waals surface area contributed by atoms with Gasteiger partial charge in [0.05, 0.1) is 27.6 Å². The van der Waals surface area contributed by atoms with Crippen molar-refractivity contribution in [2.45, 2.75) is 0 Å². The zero-order valence-corrected chi connectivity index (χ0v) is 28.5. The highest BCUT2D eigenvalue weighted by Gasteiger charge is 2.22. The van der Waals surface area contributed by atoms with E-state index in [0.29, 0.717) is 17.6 Å². The quantitative estimate of drug-likeness (QED) is 0.182. The first-order valence-corrected chi connectivity index (χ1v) is 17.8. The number of nitrogens with zero attached hydrogens (tertiary/aromatic N) is 6. The summed E-state index contributed by atoms with van der Waals surface area (Å²) in [7, 11) is 0. The first-order valence-electron chi connectivity index (χ1n) is 17.8. The zero-order chi connectivity index (χ0) is 34.9. The predicted octanol–water partition coefficient (Wildman–Crippen LogP) is 11.3. The van der Waals surface area contributed by atoms with Crippen molar-refractivity contribution in [3.05, 3.63) is 182 Å². The van der Waals surface area contributed by atoms with Crippen molar-refractivity contribution in [1.29, 1.82) is 0 Å². The molecule has 0 N–H and O–H groups in total. The van der Waals surface area contributed by atoms with Gasteiger partial charge in [-0.1, -0.05) is 115 Å². The van der Waals surface area contributed by atoms with Crippen LogP contribution in [0, 0.1) is 0 Å². The molecule has 11 aromatic rings. The highest BCUT2D eigenvalue weighted by Crippen LogP contribution is 2.41. The molecule has 0 unspecified atom stereocenters. The summed E-state index contributed by atoms with van der Waals surface area (Å²) >= 11 is 0. The Labute approximate surface area is 304 Å². The average Bonchev–Trinajstić information content (AvgIpc) is 3.89. The number of hydrogen-bond acceptors (Lipinski definition) is 3. The van der Waals surface area contributed by atoms with Crippen molar-refractivity contribution in [3.63, 3.8) is 0 Å². The smallest absolute Gasteiger partial charge is 0.238 e. The molecule has 0 spiro atoms. The molecule has 248 valence electrons. The summed E-state index contributed by atoms with van der Waals surface area (Å²) in [5.74, 6) is 1.81. The summed E-state index contributed by atoms with van der Waals surface area (Å²) in [5, 5.41) is 5.85. The molecule has 0 radical (unpaired) electrons. The fraction of sp³-hybridized carbons (Fsp3) is 0. The molecule has 0 aliphatic rings. The second-order valence-corrected chi connectivity index (χ2v) is 13.4. The van der Waals surface area contributed by atoms with Crippen LogP contribution in [0.3, 0.4) is 0 Å². The highest BCUT2D eigenvalue weighted by atomic mass is 15.2. The molecule has 7 aromatic carbocycles. The summed E-state index contributed by atoms with van der Waals surface area (Å²) in [6, 6.07) is 61.6. The van der Waals surface area contributed by atoms with E-state index in [1.54, 1.807) is 0 Å². The van der Waals surface area contributed by atoms with Gasteiger partial charge in [0, 0.05) is 55.6 Å². The lowest BCUT2D eigenvalue weighted by molar-refractivity contribution is 0.953. The van der Waals surface area contributed by atoms with Crippen molar-refractivity contribution in [3.8, 4) is 40.1 Å². The third kappa shape index (κ3) is 4.63. The maximum atomic E-state index is 5.25. The number of benzene rings is 7. The molecule has 0 saturated carbocycles. The number of hydrogen-bond donors (Lipinski definition) is 0. The van der Waals surface area contributed by atoms with Gasteiger partial charge in [0.1, 0.15) is 0 Å². The molecule has 4 heterocycles. The van der Waals surface area contributed by atoms with Crippen LogP contribution in [0.2, 0.25) is 0 Å². The van der Waals surface area contributed by atoms with Gasteiger partial charge in [-0.3, -0.25) is 4.57 Å². The van der Waals surface area contributed by atoms with Gasteiger partial charge in [-0.15, -0.1) is 0 Å². The van der Waals surface area contributed by atoms with E-state index in [4.69, 9.17) is 15.0 Å². The molecule has 6 nitrogen and oxygen atoms in total. The van der Waals surface area contributed by atoms with Crippen LogP contribution in [0.1, 0.15) is 0 Å². The summed E-state index contributed by atoms with van der Waals surface area (Å²) in [4.78, 5) is 15.5. The predicted molar refractivity (Wildman–Crippen MR) is 216 cm³/mol. The maximum absolute atomic E-state index is 5.25.